The van der Waals surface area contributed by atoms with Crippen molar-refractivity contribution in [3.8, 4) is 5.75 Å². The number of carboxylic acid groups (broad SMARTS) is 1. The molecule has 5 nitrogen and oxygen atoms in total. The number of aliphatic carboxylic acids is 1. The van der Waals surface area contributed by atoms with Gasteiger partial charge in [-0.15, -0.1) is 0 Å². The second-order valence-electron chi connectivity index (χ2n) is 5.92. The fourth-order valence-corrected chi connectivity index (χ4v) is 2.76. The molecule has 1 aliphatic rings. The zero-order valence-electron chi connectivity index (χ0n) is 13.1. The fraction of sp³-hybridized carbons (Fsp3) is 0.529. The van der Waals surface area contributed by atoms with Crippen molar-refractivity contribution in [1.29, 1.82) is 0 Å². The quantitative estimate of drug-likeness (QED) is 0.907. The van der Waals surface area contributed by atoms with E-state index in [4.69, 9.17) is 9.84 Å². The molecule has 2 atom stereocenters. The Labute approximate surface area is 130 Å². The van der Waals surface area contributed by atoms with E-state index in [1.807, 2.05) is 38.1 Å². The van der Waals surface area contributed by atoms with Crippen molar-refractivity contribution in [3.63, 3.8) is 0 Å². The van der Waals surface area contributed by atoms with Crippen molar-refractivity contribution in [2.75, 3.05) is 13.2 Å². The van der Waals surface area contributed by atoms with Gasteiger partial charge in [0.25, 0.3) is 0 Å². The van der Waals surface area contributed by atoms with Gasteiger partial charge in [-0.2, -0.15) is 0 Å². The Hall–Kier alpha value is -2.04. The number of carboxylic acids is 1. The molecule has 5 heteroatoms. The third-order valence-electron chi connectivity index (χ3n) is 4.13. The lowest BCUT2D eigenvalue weighted by Gasteiger charge is -2.36. The molecular formula is C17H23NO4. The molecule has 1 aromatic rings. The number of carbonyl (C=O) groups excluding carboxylic acids is 1. The number of benzene rings is 1. The van der Waals surface area contributed by atoms with Crippen LogP contribution < -0.4 is 4.74 Å². The van der Waals surface area contributed by atoms with Gasteiger partial charge in [0, 0.05) is 12.6 Å². The smallest absolute Gasteiger partial charge is 0.308 e. The molecule has 0 aromatic heterocycles. The molecule has 1 fully saturated rings. The van der Waals surface area contributed by atoms with Crippen molar-refractivity contribution in [1.82, 2.24) is 4.90 Å². The van der Waals surface area contributed by atoms with E-state index in [2.05, 4.69) is 0 Å². The Morgan fingerprint density at radius 1 is 1.36 bits per heavy atom. The normalized spacial score (nSPS) is 21.5. The van der Waals surface area contributed by atoms with Crippen LogP contribution in [0.5, 0.6) is 5.75 Å². The SMILES string of the molecule is Cc1cccc(OCCC(=O)N2CC(C(=O)O)CCC2C)c1. The van der Waals surface area contributed by atoms with Crippen molar-refractivity contribution >= 4 is 11.9 Å². The zero-order valence-corrected chi connectivity index (χ0v) is 13.1. The first kappa shape index (κ1) is 16.3. The van der Waals surface area contributed by atoms with Crippen LogP contribution >= 0.6 is 0 Å². The molecular weight excluding hydrogens is 282 g/mol. The number of aryl methyl sites for hydroxylation is 1. The number of rotatable bonds is 5. The van der Waals surface area contributed by atoms with Gasteiger partial charge in [0.1, 0.15) is 5.75 Å². The van der Waals surface area contributed by atoms with Crippen molar-refractivity contribution < 1.29 is 19.4 Å². The average molecular weight is 305 g/mol. The molecule has 1 saturated heterocycles. The average Bonchev–Trinajstić information content (AvgIpc) is 2.47. The monoisotopic (exact) mass is 305 g/mol. The Balaban J connectivity index is 1.84. The number of likely N-dealkylation sites (tertiary alicyclic amines) is 1. The predicted molar refractivity (Wildman–Crippen MR) is 82.8 cm³/mol. The van der Waals surface area contributed by atoms with Gasteiger partial charge >= 0.3 is 5.97 Å². The summed E-state index contributed by atoms with van der Waals surface area (Å²) in [7, 11) is 0. The van der Waals surface area contributed by atoms with Crippen LogP contribution in [0.4, 0.5) is 0 Å². The number of hydrogen-bond acceptors (Lipinski definition) is 3. The van der Waals surface area contributed by atoms with Gasteiger partial charge < -0.3 is 14.7 Å². The molecule has 1 aliphatic heterocycles. The largest absolute Gasteiger partial charge is 0.493 e. The van der Waals surface area contributed by atoms with Gasteiger partial charge in [0.05, 0.1) is 18.9 Å². The number of amides is 1. The molecule has 2 unspecified atom stereocenters. The minimum atomic E-state index is -0.819. The van der Waals surface area contributed by atoms with E-state index in [1.54, 1.807) is 4.90 Å². The third kappa shape index (κ3) is 4.23. The molecule has 0 aliphatic carbocycles. The van der Waals surface area contributed by atoms with E-state index in [9.17, 15) is 9.59 Å². The van der Waals surface area contributed by atoms with Crippen LogP contribution in [-0.4, -0.2) is 41.1 Å². The summed E-state index contributed by atoms with van der Waals surface area (Å²) < 4.78 is 5.59. The molecule has 0 saturated carbocycles. The van der Waals surface area contributed by atoms with E-state index in [-0.39, 0.29) is 18.4 Å². The number of nitrogens with zero attached hydrogens (tertiary/aromatic N) is 1. The Morgan fingerprint density at radius 3 is 2.82 bits per heavy atom. The molecule has 0 radical (unpaired) electrons. The summed E-state index contributed by atoms with van der Waals surface area (Å²) in [5.74, 6) is -0.549. The Kier molecular flexibility index (Phi) is 5.41. The van der Waals surface area contributed by atoms with Gasteiger partial charge in [0.15, 0.2) is 0 Å². The molecule has 1 amide bonds. The zero-order chi connectivity index (χ0) is 16.1. The lowest BCUT2D eigenvalue weighted by atomic mass is 9.93. The summed E-state index contributed by atoms with van der Waals surface area (Å²) in [6, 6.07) is 7.79. The van der Waals surface area contributed by atoms with E-state index in [1.165, 1.54) is 0 Å². The van der Waals surface area contributed by atoms with E-state index >= 15 is 0 Å². The molecule has 1 N–H and O–H groups in total. The number of ether oxygens (including phenoxy) is 1. The van der Waals surface area contributed by atoms with E-state index < -0.39 is 11.9 Å². The van der Waals surface area contributed by atoms with Gasteiger partial charge in [-0.25, -0.2) is 0 Å². The highest BCUT2D eigenvalue weighted by Crippen LogP contribution is 2.23. The number of piperidine rings is 1. The van der Waals surface area contributed by atoms with E-state index in [0.717, 1.165) is 17.7 Å². The molecule has 120 valence electrons. The molecule has 0 spiro atoms. The predicted octanol–water partition coefficient (Wildman–Crippen LogP) is 2.48. The van der Waals surface area contributed by atoms with Crippen LogP contribution in [0.25, 0.3) is 0 Å². The third-order valence-corrected chi connectivity index (χ3v) is 4.13. The first-order valence-corrected chi connectivity index (χ1v) is 7.69. The minimum absolute atomic E-state index is 0.0360. The summed E-state index contributed by atoms with van der Waals surface area (Å²) in [5, 5.41) is 9.11. The molecule has 1 aromatic carbocycles. The van der Waals surface area contributed by atoms with Crippen LogP contribution in [0.1, 0.15) is 31.7 Å². The standard InChI is InChI=1S/C17H23NO4/c1-12-4-3-5-15(10-12)22-9-8-16(19)18-11-14(17(20)21)7-6-13(18)2/h3-5,10,13-14H,6-9,11H2,1-2H3,(H,20,21). The number of carbonyl (C=O) groups is 2. The Morgan fingerprint density at radius 2 is 2.14 bits per heavy atom. The van der Waals surface area contributed by atoms with Gasteiger partial charge in [-0.3, -0.25) is 9.59 Å². The summed E-state index contributed by atoms with van der Waals surface area (Å²) in [4.78, 5) is 25.1. The maximum absolute atomic E-state index is 12.3. The Bertz CT molecular complexity index is 543. The highest BCUT2D eigenvalue weighted by Gasteiger charge is 2.32. The van der Waals surface area contributed by atoms with Crippen molar-refractivity contribution in [2.45, 2.75) is 39.2 Å². The van der Waals surface area contributed by atoms with Crippen LogP contribution in [0.3, 0.4) is 0 Å². The topological polar surface area (TPSA) is 66.8 Å². The van der Waals surface area contributed by atoms with Crippen molar-refractivity contribution in [2.24, 2.45) is 5.92 Å². The first-order chi connectivity index (χ1) is 10.5. The summed E-state index contributed by atoms with van der Waals surface area (Å²) in [6.45, 7) is 4.57. The minimum Gasteiger partial charge on any atom is -0.493 e. The van der Waals surface area contributed by atoms with Gasteiger partial charge in [0.2, 0.25) is 5.91 Å². The second-order valence-corrected chi connectivity index (χ2v) is 5.92. The summed E-state index contributed by atoms with van der Waals surface area (Å²) >= 11 is 0. The lowest BCUT2D eigenvalue weighted by molar-refractivity contribution is -0.147. The molecule has 0 bridgehead atoms. The highest BCUT2D eigenvalue weighted by atomic mass is 16.5. The maximum atomic E-state index is 12.3. The van der Waals surface area contributed by atoms with Crippen LogP contribution in [0.15, 0.2) is 24.3 Å². The summed E-state index contributed by atoms with van der Waals surface area (Å²) in [5.41, 5.74) is 1.11. The summed E-state index contributed by atoms with van der Waals surface area (Å²) in [6.07, 6.45) is 1.64. The molecule has 22 heavy (non-hydrogen) atoms. The molecule has 2 rings (SSSR count). The molecule has 1 heterocycles. The lowest BCUT2D eigenvalue weighted by Crippen LogP contribution is -2.47. The van der Waals surface area contributed by atoms with Crippen molar-refractivity contribution in [3.05, 3.63) is 29.8 Å². The maximum Gasteiger partial charge on any atom is 0.308 e. The number of hydrogen-bond donors (Lipinski definition) is 1. The van der Waals surface area contributed by atoms with Crippen LogP contribution in [-0.2, 0) is 9.59 Å². The van der Waals surface area contributed by atoms with Gasteiger partial charge in [-0.1, -0.05) is 12.1 Å². The fourth-order valence-electron chi connectivity index (χ4n) is 2.76. The van der Waals surface area contributed by atoms with E-state index in [0.29, 0.717) is 19.6 Å². The van der Waals surface area contributed by atoms with Crippen LogP contribution in [0.2, 0.25) is 0 Å². The van der Waals surface area contributed by atoms with Gasteiger partial charge in [-0.05, 0) is 44.4 Å². The van der Waals surface area contributed by atoms with Crippen LogP contribution in [0, 0.1) is 12.8 Å². The second kappa shape index (κ2) is 7.29. The first-order valence-electron chi connectivity index (χ1n) is 7.69. The highest BCUT2D eigenvalue weighted by molar-refractivity contribution is 5.78.